The molecule has 0 saturated carbocycles. The summed E-state index contributed by atoms with van der Waals surface area (Å²) in [4.78, 5) is 32.0. The van der Waals surface area contributed by atoms with E-state index >= 15 is 0 Å². The van der Waals surface area contributed by atoms with Crippen LogP contribution < -0.4 is 10.6 Å². The summed E-state index contributed by atoms with van der Waals surface area (Å²) in [7, 11) is 5.57. The van der Waals surface area contributed by atoms with E-state index in [9.17, 15) is 9.59 Å². The van der Waals surface area contributed by atoms with Crippen molar-refractivity contribution in [1.29, 1.82) is 0 Å². The number of rotatable bonds is 18. The molecule has 4 rings (SSSR count). The number of hydrogen-bond acceptors (Lipinski definition) is 9. The molecule has 0 aliphatic carbocycles. The first-order chi connectivity index (χ1) is 21.5. The van der Waals surface area contributed by atoms with E-state index in [-0.39, 0.29) is 17.4 Å². The highest BCUT2D eigenvalue weighted by molar-refractivity contribution is 5.95. The van der Waals surface area contributed by atoms with Crippen LogP contribution in [0.1, 0.15) is 57.5 Å². The summed E-state index contributed by atoms with van der Waals surface area (Å²) in [6.45, 7) is 13.1. The molecule has 1 aromatic carbocycles. The molecule has 10 heteroatoms. The number of methoxy groups -OCH3 is 2. The van der Waals surface area contributed by atoms with Crippen LogP contribution in [0, 0.1) is 11.3 Å². The molecule has 2 aromatic heterocycles. The number of likely N-dealkylation sites (tertiary alicyclic amines) is 1. The maximum absolute atomic E-state index is 11.3. The molecule has 3 aromatic rings. The molecule has 246 valence electrons. The number of ether oxygens (including phenoxy) is 3. The van der Waals surface area contributed by atoms with E-state index in [1.807, 2.05) is 26.1 Å². The first kappa shape index (κ1) is 34.6. The third kappa shape index (κ3) is 7.92. The molecule has 3 atom stereocenters. The molecule has 0 bridgehead atoms. The first-order valence-corrected chi connectivity index (χ1v) is 15.9. The van der Waals surface area contributed by atoms with E-state index < -0.39 is 6.04 Å². The fraction of sp³-hybridized carbons (Fsp3) is 0.571. The van der Waals surface area contributed by atoms with Crippen molar-refractivity contribution < 1.29 is 23.8 Å². The number of hydrogen-bond donors (Lipinski definition) is 1. The second-order valence-electron chi connectivity index (χ2n) is 13.3. The Balaban J connectivity index is 1.95. The SMILES string of the molecule is COCCN(CCC(C)C(N)C=O)c1ccc2c(c1)c(CC(C)(C)COC=O)c(-c1cccnc1C(C)OC)n2C1CN(C)C1. The monoisotopic (exact) mass is 621 g/mol. The lowest BCUT2D eigenvalue weighted by Crippen LogP contribution is -2.45. The Kier molecular flexibility index (Phi) is 11.8. The third-order valence-corrected chi connectivity index (χ3v) is 9.13. The highest BCUT2D eigenvalue weighted by Gasteiger charge is 2.34. The standard InChI is InChI=1S/C35H51N5O5/c1-24(31(36)21-41)12-14-39(15-16-43-6)26-10-11-32-29(17-26)30(18-35(3,4)22-45-23-42)34(40(32)27-19-38(5)20-27)28-9-8-13-37-33(28)25(2)44-7/h8-11,13,17,21,23-25,27,31H,12,14-16,18-20,22,36H2,1-7H3. The van der Waals surface area contributed by atoms with Crippen LogP contribution in [0.25, 0.3) is 22.2 Å². The zero-order chi connectivity index (χ0) is 32.7. The lowest BCUT2D eigenvalue weighted by molar-refractivity contribution is -0.131. The number of aldehydes is 1. The summed E-state index contributed by atoms with van der Waals surface area (Å²) in [5, 5.41) is 1.16. The molecule has 0 spiro atoms. The van der Waals surface area contributed by atoms with Crippen molar-refractivity contribution in [3.63, 3.8) is 0 Å². The van der Waals surface area contributed by atoms with Gasteiger partial charge in [-0.3, -0.25) is 9.78 Å². The number of likely N-dealkylation sites (N-methyl/N-ethyl adjacent to an activating group) is 1. The van der Waals surface area contributed by atoms with Crippen LogP contribution in [-0.2, 0) is 30.2 Å². The van der Waals surface area contributed by atoms with E-state index in [2.05, 4.69) is 59.5 Å². The molecule has 3 unspecified atom stereocenters. The van der Waals surface area contributed by atoms with Gasteiger partial charge in [0.15, 0.2) is 0 Å². The van der Waals surface area contributed by atoms with Crippen molar-refractivity contribution in [3.8, 4) is 11.3 Å². The van der Waals surface area contributed by atoms with Crippen molar-refractivity contribution in [2.75, 3.05) is 65.6 Å². The summed E-state index contributed by atoms with van der Waals surface area (Å²) in [5.41, 5.74) is 12.2. The lowest BCUT2D eigenvalue weighted by atomic mass is 9.84. The van der Waals surface area contributed by atoms with E-state index in [0.717, 1.165) is 65.9 Å². The van der Waals surface area contributed by atoms with Gasteiger partial charge in [-0.25, -0.2) is 0 Å². The summed E-state index contributed by atoms with van der Waals surface area (Å²) < 4.78 is 19.1. The number of benzene rings is 1. The van der Waals surface area contributed by atoms with E-state index in [0.29, 0.717) is 38.7 Å². The minimum Gasteiger partial charge on any atom is -0.467 e. The molecule has 2 N–H and O–H groups in total. The Morgan fingerprint density at radius 1 is 1.16 bits per heavy atom. The smallest absolute Gasteiger partial charge is 0.293 e. The Morgan fingerprint density at radius 2 is 1.91 bits per heavy atom. The Labute approximate surface area is 267 Å². The van der Waals surface area contributed by atoms with Crippen LogP contribution in [0.2, 0.25) is 0 Å². The Hall–Kier alpha value is -3.31. The quantitative estimate of drug-likeness (QED) is 0.203. The van der Waals surface area contributed by atoms with Crippen LogP contribution in [0.5, 0.6) is 0 Å². The van der Waals surface area contributed by atoms with Crippen molar-refractivity contribution in [1.82, 2.24) is 14.5 Å². The number of carbonyl (C=O) groups excluding carboxylic acids is 2. The zero-order valence-corrected chi connectivity index (χ0v) is 28.0. The summed E-state index contributed by atoms with van der Waals surface area (Å²) in [5.74, 6) is 0.0560. The minimum absolute atomic E-state index is 0.0560. The molecule has 1 fully saturated rings. The fourth-order valence-electron chi connectivity index (χ4n) is 6.35. The van der Waals surface area contributed by atoms with Gasteiger partial charge in [0.25, 0.3) is 6.47 Å². The zero-order valence-electron chi connectivity index (χ0n) is 28.0. The highest BCUT2D eigenvalue weighted by Crippen LogP contribution is 2.44. The van der Waals surface area contributed by atoms with Crippen molar-refractivity contribution in [3.05, 3.63) is 47.8 Å². The second-order valence-corrected chi connectivity index (χ2v) is 13.3. The normalized spacial score (nSPS) is 16.3. The van der Waals surface area contributed by atoms with Gasteiger partial charge in [0.05, 0.1) is 42.8 Å². The number of anilines is 1. The van der Waals surface area contributed by atoms with Crippen LogP contribution in [0.4, 0.5) is 5.69 Å². The second kappa shape index (κ2) is 15.3. The van der Waals surface area contributed by atoms with Gasteiger partial charge >= 0.3 is 0 Å². The van der Waals surface area contributed by atoms with E-state index in [1.165, 1.54) is 5.56 Å². The largest absolute Gasteiger partial charge is 0.467 e. The maximum Gasteiger partial charge on any atom is 0.293 e. The lowest BCUT2D eigenvalue weighted by Gasteiger charge is -2.39. The molecule has 0 amide bonds. The van der Waals surface area contributed by atoms with E-state index in [1.54, 1.807) is 14.2 Å². The number of pyridine rings is 1. The average Bonchev–Trinajstić information content (AvgIpc) is 3.33. The summed E-state index contributed by atoms with van der Waals surface area (Å²) in [6, 6.07) is 10.7. The van der Waals surface area contributed by atoms with Gasteiger partial charge in [0.1, 0.15) is 6.29 Å². The van der Waals surface area contributed by atoms with Crippen molar-refractivity contribution in [2.24, 2.45) is 17.1 Å². The van der Waals surface area contributed by atoms with Crippen molar-refractivity contribution >= 4 is 29.3 Å². The third-order valence-electron chi connectivity index (χ3n) is 9.13. The molecular weight excluding hydrogens is 570 g/mol. The topological polar surface area (TPSA) is 112 Å². The van der Waals surface area contributed by atoms with Crippen LogP contribution in [-0.4, -0.2) is 93.9 Å². The molecular formula is C35H51N5O5. The van der Waals surface area contributed by atoms with E-state index in [4.69, 9.17) is 24.9 Å². The predicted octanol–water partition coefficient (Wildman–Crippen LogP) is 4.64. The number of aromatic nitrogens is 2. The Morgan fingerprint density at radius 3 is 2.56 bits per heavy atom. The summed E-state index contributed by atoms with van der Waals surface area (Å²) >= 11 is 0. The van der Waals surface area contributed by atoms with Gasteiger partial charge in [0.2, 0.25) is 0 Å². The first-order valence-electron chi connectivity index (χ1n) is 15.9. The molecule has 10 nitrogen and oxygen atoms in total. The maximum atomic E-state index is 11.3. The molecule has 3 heterocycles. The molecule has 0 radical (unpaired) electrons. The van der Waals surface area contributed by atoms with Gasteiger partial charge in [-0.2, -0.15) is 0 Å². The number of nitrogens with two attached hydrogens (primary N) is 1. The minimum atomic E-state index is -0.487. The van der Waals surface area contributed by atoms with Crippen LogP contribution in [0.15, 0.2) is 36.5 Å². The van der Waals surface area contributed by atoms with Gasteiger partial charge in [-0.05, 0) is 68.6 Å². The van der Waals surface area contributed by atoms with Crippen LogP contribution in [0.3, 0.4) is 0 Å². The molecule has 1 saturated heterocycles. The number of carbonyl (C=O) groups is 2. The molecule has 45 heavy (non-hydrogen) atoms. The van der Waals surface area contributed by atoms with Gasteiger partial charge in [0, 0.05) is 74.2 Å². The number of fused-ring (bicyclic) bond motifs is 1. The number of nitrogens with zero attached hydrogens (tertiary/aromatic N) is 4. The van der Waals surface area contributed by atoms with Gasteiger partial charge < -0.3 is 39.1 Å². The van der Waals surface area contributed by atoms with Crippen molar-refractivity contribution in [2.45, 2.75) is 58.7 Å². The van der Waals surface area contributed by atoms with Crippen LogP contribution >= 0.6 is 0 Å². The molecule has 1 aliphatic rings. The fourth-order valence-corrected chi connectivity index (χ4v) is 6.35. The average molecular weight is 622 g/mol. The van der Waals surface area contributed by atoms with Gasteiger partial charge in [-0.1, -0.05) is 20.8 Å². The Bertz CT molecular complexity index is 1430. The van der Waals surface area contributed by atoms with Gasteiger partial charge in [-0.15, -0.1) is 0 Å². The summed E-state index contributed by atoms with van der Waals surface area (Å²) in [6.07, 6.45) is 3.92. The predicted molar refractivity (Wildman–Crippen MR) is 179 cm³/mol. The molecule has 1 aliphatic heterocycles. The highest BCUT2D eigenvalue weighted by atomic mass is 16.5.